The molecule has 1 unspecified atom stereocenters. The molecular formula is C22H26N2O5. The number of carbonyl (C=O) groups excluding carboxylic acids is 2. The topological polar surface area (TPSA) is 77.1 Å². The molecule has 0 aromatic heterocycles. The number of nitrogens with one attached hydrogen (secondary N) is 1. The van der Waals surface area contributed by atoms with E-state index in [9.17, 15) is 9.59 Å². The molecule has 1 heterocycles. The van der Waals surface area contributed by atoms with Gasteiger partial charge in [-0.25, -0.2) is 0 Å². The number of hydrogen-bond acceptors (Lipinski definition) is 5. The maximum atomic E-state index is 12.6. The summed E-state index contributed by atoms with van der Waals surface area (Å²) in [6.45, 7) is 2.60. The number of benzene rings is 2. The molecule has 0 bridgehead atoms. The summed E-state index contributed by atoms with van der Waals surface area (Å²) in [7, 11) is 4.69. The average Bonchev–Trinajstić information content (AvgIpc) is 3.09. The SMILES string of the molecule is COc1ccc(CCNC(=O)C(C)N2Cc3ccccc3C2=O)c(OC)c1OC. The highest BCUT2D eigenvalue weighted by atomic mass is 16.5. The van der Waals surface area contributed by atoms with Gasteiger partial charge >= 0.3 is 0 Å². The van der Waals surface area contributed by atoms with Crippen LogP contribution in [-0.2, 0) is 17.8 Å². The first kappa shape index (κ1) is 20.5. The van der Waals surface area contributed by atoms with Crippen LogP contribution in [0, 0.1) is 0 Å². The van der Waals surface area contributed by atoms with Crippen molar-refractivity contribution in [2.45, 2.75) is 25.9 Å². The standard InChI is InChI=1S/C22H26N2O5/c1-14(24-13-16-7-5-6-8-17(16)22(24)26)21(25)23-12-11-15-9-10-18(27-2)20(29-4)19(15)28-3/h5-10,14H,11-13H2,1-4H3,(H,23,25). The molecule has 0 fully saturated rings. The molecule has 0 saturated carbocycles. The summed E-state index contributed by atoms with van der Waals surface area (Å²) >= 11 is 0. The van der Waals surface area contributed by atoms with Gasteiger partial charge in [-0.2, -0.15) is 0 Å². The molecule has 0 spiro atoms. The summed E-state index contributed by atoms with van der Waals surface area (Å²) in [6.07, 6.45) is 0.552. The summed E-state index contributed by atoms with van der Waals surface area (Å²) in [5.41, 5.74) is 2.51. The van der Waals surface area contributed by atoms with Gasteiger partial charge < -0.3 is 24.4 Å². The average molecular weight is 398 g/mol. The van der Waals surface area contributed by atoms with Crippen LogP contribution >= 0.6 is 0 Å². The van der Waals surface area contributed by atoms with Crippen molar-refractivity contribution in [3.8, 4) is 17.2 Å². The quantitative estimate of drug-likeness (QED) is 0.739. The number of nitrogens with zero attached hydrogens (tertiary/aromatic N) is 1. The van der Waals surface area contributed by atoms with Gasteiger partial charge in [0.1, 0.15) is 6.04 Å². The summed E-state index contributed by atoms with van der Waals surface area (Å²) < 4.78 is 16.2. The molecule has 0 aliphatic carbocycles. The van der Waals surface area contributed by atoms with Crippen molar-refractivity contribution in [1.29, 1.82) is 0 Å². The van der Waals surface area contributed by atoms with Crippen molar-refractivity contribution in [1.82, 2.24) is 10.2 Å². The van der Waals surface area contributed by atoms with Crippen molar-refractivity contribution in [2.24, 2.45) is 0 Å². The third-order valence-corrected chi connectivity index (χ3v) is 5.18. The Balaban J connectivity index is 1.61. The van der Waals surface area contributed by atoms with Gasteiger partial charge in [0.25, 0.3) is 5.91 Å². The largest absolute Gasteiger partial charge is 0.493 e. The van der Waals surface area contributed by atoms with Gasteiger partial charge in [-0.1, -0.05) is 24.3 Å². The zero-order chi connectivity index (χ0) is 21.0. The first-order valence-corrected chi connectivity index (χ1v) is 9.46. The second-order valence-corrected chi connectivity index (χ2v) is 6.80. The predicted molar refractivity (Wildman–Crippen MR) is 109 cm³/mol. The highest BCUT2D eigenvalue weighted by molar-refractivity contribution is 6.01. The number of fused-ring (bicyclic) bond motifs is 1. The third-order valence-electron chi connectivity index (χ3n) is 5.18. The Kier molecular flexibility index (Phi) is 6.26. The van der Waals surface area contributed by atoms with E-state index in [-0.39, 0.29) is 11.8 Å². The molecule has 1 atom stereocenters. The highest BCUT2D eigenvalue weighted by Crippen LogP contribution is 2.39. The Labute approximate surface area is 170 Å². The van der Waals surface area contributed by atoms with Crippen LogP contribution in [-0.4, -0.2) is 50.6 Å². The maximum absolute atomic E-state index is 12.6. The molecule has 0 saturated heterocycles. The first-order valence-electron chi connectivity index (χ1n) is 9.46. The zero-order valence-corrected chi connectivity index (χ0v) is 17.2. The molecule has 29 heavy (non-hydrogen) atoms. The van der Waals surface area contributed by atoms with Crippen LogP contribution in [0.3, 0.4) is 0 Å². The van der Waals surface area contributed by atoms with Gasteiger partial charge in [-0.05, 0) is 31.0 Å². The number of amides is 2. The van der Waals surface area contributed by atoms with E-state index in [4.69, 9.17) is 14.2 Å². The fourth-order valence-corrected chi connectivity index (χ4v) is 3.56. The van der Waals surface area contributed by atoms with Crippen LogP contribution in [0.1, 0.15) is 28.4 Å². The summed E-state index contributed by atoms with van der Waals surface area (Å²) in [5, 5.41) is 2.91. The fraction of sp³-hybridized carbons (Fsp3) is 0.364. The normalized spacial score (nSPS) is 13.7. The van der Waals surface area contributed by atoms with Crippen LogP contribution in [0.25, 0.3) is 0 Å². The van der Waals surface area contributed by atoms with Gasteiger partial charge in [0.05, 0.1) is 21.3 Å². The molecule has 0 radical (unpaired) electrons. The van der Waals surface area contributed by atoms with E-state index in [1.165, 1.54) is 0 Å². The Morgan fingerprint density at radius 3 is 2.45 bits per heavy atom. The van der Waals surface area contributed by atoms with Crippen LogP contribution < -0.4 is 19.5 Å². The first-order chi connectivity index (χ1) is 14.0. The molecule has 7 nitrogen and oxygen atoms in total. The van der Waals surface area contributed by atoms with E-state index in [1.54, 1.807) is 45.3 Å². The van der Waals surface area contributed by atoms with Crippen LogP contribution in [0.4, 0.5) is 0 Å². The number of ether oxygens (including phenoxy) is 3. The van der Waals surface area contributed by atoms with E-state index in [0.717, 1.165) is 11.1 Å². The smallest absolute Gasteiger partial charge is 0.255 e. The molecule has 1 aliphatic rings. The minimum Gasteiger partial charge on any atom is -0.493 e. The second-order valence-electron chi connectivity index (χ2n) is 6.80. The van der Waals surface area contributed by atoms with E-state index >= 15 is 0 Å². The Morgan fingerprint density at radius 1 is 1.07 bits per heavy atom. The molecule has 2 aromatic rings. The predicted octanol–water partition coefficient (Wildman–Crippen LogP) is 2.42. The van der Waals surface area contributed by atoms with Gasteiger partial charge in [0, 0.05) is 24.2 Å². The molecular weight excluding hydrogens is 372 g/mol. The lowest BCUT2D eigenvalue weighted by molar-refractivity contribution is -0.125. The summed E-state index contributed by atoms with van der Waals surface area (Å²) in [4.78, 5) is 26.8. The molecule has 1 N–H and O–H groups in total. The third kappa shape index (κ3) is 3.99. The van der Waals surface area contributed by atoms with E-state index in [2.05, 4.69) is 5.32 Å². The Bertz CT molecular complexity index is 912. The van der Waals surface area contributed by atoms with Crippen molar-refractivity contribution in [2.75, 3.05) is 27.9 Å². The zero-order valence-electron chi connectivity index (χ0n) is 17.2. The summed E-state index contributed by atoms with van der Waals surface area (Å²) in [6, 6.07) is 10.6. The van der Waals surface area contributed by atoms with Crippen LogP contribution in [0.5, 0.6) is 17.2 Å². The Hall–Kier alpha value is -3.22. The maximum Gasteiger partial charge on any atom is 0.255 e. The van der Waals surface area contributed by atoms with Crippen molar-refractivity contribution >= 4 is 11.8 Å². The summed E-state index contributed by atoms with van der Waals surface area (Å²) in [5.74, 6) is 1.39. The monoisotopic (exact) mass is 398 g/mol. The van der Waals surface area contributed by atoms with Crippen molar-refractivity contribution < 1.29 is 23.8 Å². The van der Waals surface area contributed by atoms with Gasteiger partial charge in [0.2, 0.25) is 11.7 Å². The van der Waals surface area contributed by atoms with E-state index < -0.39 is 6.04 Å². The van der Waals surface area contributed by atoms with Crippen LogP contribution in [0.15, 0.2) is 36.4 Å². The number of carbonyl (C=O) groups is 2. The lowest BCUT2D eigenvalue weighted by Crippen LogP contribution is -2.45. The van der Waals surface area contributed by atoms with Crippen LogP contribution in [0.2, 0.25) is 0 Å². The molecule has 2 amide bonds. The number of rotatable bonds is 8. The minimum atomic E-state index is -0.554. The Morgan fingerprint density at radius 2 is 1.79 bits per heavy atom. The van der Waals surface area contributed by atoms with Crippen molar-refractivity contribution in [3.63, 3.8) is 0 Å². The molecule has 1 aliphatic heterocycles. The second kappa shape index (κ2) is 8.86. The van der Waals surface area contributed by atoms with Crippen molar-refractivity contribution in [3.05, 3.63) is 53.1 Å². The minimum absolute atomic E-state index is 0.107. The lowest BCUT2D eigenvalue weighted by Gasteiger charge is -2.23. The molecule has 7 heteroatoms. The highest BCUT2D eigenvalue weighted by Gasteiger charge is 2.33. The molecule has 3 rings (SSSR count). The number of methoxy groups -OCH3 is 3. The lowest BCUT2D eigenvalue weighted by atomic mass is 10.1. The van der Waals surface area contributed by atoms with Gasteiger partial charge in [-0.3, -0.25) is 9.59 Å². The molecule has 154 valence electrons. The van der Waals surface area contributed by atoms with Gasteiger partial charge in [0.15, 0.2) is 11.5 Å². The number of hydrogen-bond donors (Lipinski definition) is 1. The molecule has 2 aromatic carbocycles. The van der Waals surface area contributed by atoms with Gasteiger partial charge in [-0.15, -0.1) is 0 Å². The fourth-order valence-electron chi connectivity index (χ4n) is 3.56. The van der Waals surface area contributed by atoms with E-state index in [1.807, 2.05) is 24.3 Å². The van der Waals surface area contributed by atoms with E-state index in [0.29, 0.717) is 42.3 Å².